The summed E-state index contributed by atoms with van der Waals surface area (Å²) in [5.74, 6) is -0.342. The first-order chi connectivity index (χ1) is 12.0. The van der Waals surface area contributed by atoms with Crippen LogP contribution in [-0.4, -0.2) is 35.4 Å². The van der Waals surface area contributed by atoms with Crippen LogP contribution in [0.5, 0.6) is 0 Å². The number of benzene rings is 1. The molecule has 7 heteroatoms. The van der Waals surface area contributed by atoms with E-state index in [1.807, 2.05) is 19.6 Å². The van der Waals surface area contributed by atoms with Gasteiger partial charge in [0.2, 0.25) is 0 Å². The summed E-state index contributed by atoms with van der Waals surface area (Å²) in [6.45, 7) is 9.74. The summed E-state index contributed by atoms with van der Waals surface area (Å²) in [5.41, 5.74) is 0. The molecular weight excluding hydrogens is 384 g/mol. The predicted octanol–water partition coefficient (Wildman–Crippen LogP) is 4.14. The SMILES string of the molecule is C=CCCCCC1(S(=O)(=O)c2ccccc2)CS(=O)(=O)C=C1[Si](C)(C)C. The molecule has 0 saturated carbocycles. The highest BCUT2D eigenvalue weighted by molar-refractivity contribution is 7.98. The Labute approximate surface area is 158 Å². The van der Waals surface area contributed by atoms with Crippen molar-refractivity contribution in [2.75, 3.05) is 5.75 Å². The van der Waals surface area contributed by atoms with E-state index >= 15 is 0 Å². The summed E-state index contributed by atoms with van der Waals surface area (Å²) in [6, 6.07) is 8.25. The zero-order valence-corrected chi connectivity index (χ0v) is 18.4. The number of hydrogen-bond donors (Lipinski definition) is 0. The summed E-state index contributed by atoms with van der Waals surface area (Å²) in [6.07, 6.45) is 4.37. The molecule has 0 aromatic heterocycles. The first-order valence-corrected chi connectivity index (χ1v) is 15.5. The molecule has 1 aliphatic heterocycles. The van der Waals surface area contributed by atoms with E-state index in [0.29, 0.717) is 18.0 Å². The van der Waals surface area contributed by atoms with E-state index in [0.717, 1.165) is 12.8 Å². The van der Waals surface area contributed by atoms with Crippen LogP contribution >= 0.6 is 0 Å². The number of allylic oxidation sites excluding steroid dienone is 1. The molecule has 0 amide bonds. The predicted molar refractivity (Wildman–Crippen MR) is 110 cm³/mol. The molecule has 144 valence electrons. The topological polar surface area (TPSA) is 68.3 Å². The lowest BCUT2D eigenvalue weighted by Gasteiger charge is -2.36. The van der Waals surface area contributed by atoms with Gasteiger partial charge in [0.15, 0.2) is 19.7 Å². The highest BCUT2D eigenvalue weighted by Crippen LogP contribution is 2.46. The molecule has 1 aliphatic rings. The highest BCUT2D eigenvalue weighted by Gasteiger charge is 2.56. The Balaban J connectivity index is 2.64. The van der Waals surface area contributed by atoms with E-state index in [1.165, 1.54) is 5.41 Å². The molecule has 0 saturated heterocycles. The normalized spacial score (nSPS) is 22.8. The van der Waals surface area contributed by atoms with E-state index in [4.69, 9.17) is 0 Å². The second kappa shape index (κ2) is 7.44. The van der Waals surface area contributed by atoms with Crippen LogP contribution in [-0.2, 0) is 19.7 Å². The zero-order valence-electron chi connectivity index (χ0n) is 15.7. The number of sulfone groups is 2. The van der Waals surface area contributed by atoms with Crippen LogP contribution in [0.1, 0.15) is 25.7 Å². The quantitative estimate of drug-likeness (QED) is 0.366. The third-order valence-electron chi connectivity index (χ3n) is 4.84. The molecular formula is C19H28O4S2Si. The van der Waals surface area contributed by atoms with Crippen molar-refractivity contribution in [1.29, 1.82) is 0 Å². The molecule has 0 aliphatic carbocycles. The number of hydrogen-bond acceptors (Lipinski definition) is 4. The first kappa shape index (κ1) is 21.1. The van der Waals surface area contributed by atoms with Crippen molar-refractivity contribution in [3.8, 4) is 0 Å². The fourth-order valence-corrected chi connectivity index (χ4v) is 13.2. The molecule has 0 fully saturated rings. The molecule has 1 heterocycles. The molecule has 4 nitrogen and oxygen atoms in total. The molecule has 2 rings (SSSR count). The second-order valence-corrected chi connectivity index (χ2v) is 17.1. The van der Waals surface area contributed by atoms with Gasteiger partial charge in [-0.3, -0.25) is 0 Å². The Morgan fingerprint density at radius 2 is 1.77 bits per heavy atom. The summed E-state index contributed by atoms with van der Waals surface area (Å²) in [7, 11) is -9.55. The third kappa shape index (κ3) is 4.04. The van der Waals surface area contributed by atoms with E-state index in [2.05, 4.69) is 6.58 Å². The molecule has 0 N–H and O–H groups in total. The summed E-state index contributed by atoms with van der Waals surface area (Å²) < 4.78 is 51.0. The smallest absolute Gasteiger partial charge is 0.188 e. The van der Waals surface area contributed by atoms with Crippen molar-refractivity contribution in [3.05, 3.63) is 53.6 Å². The Bertz CT molecular complexity index is 895. The Kier molecular flexibility index (Phi) is 6.05. The molecule has 1 atom stereocenters. The molecule has 1 unspecified atom stereocenters. The van der Waals surface area contributed by atoms with Crippen molar-refractivity contribution in [2.45, 2.75) is 55.0 Å². The average Bonchev–Trinajstić information content (AvgIpc) is 2.85. The maximum absolute atomic E-state index is 13.7. The van der Waals surface area contributed by atoms with Crippen LogP contribution in [0.25, 0.3) is 0 Å². The van der Waals surface area contributed by atoms with Gasteiger partial charge in [0.1, 0.15) is 4.75 Å². The van der Waals surface area contributed by atoms with Crippen molar-refractivity contribution < 1.29 is 16.8 Å². The fourth-order valence-electron chi connectivity index (χ4n) is 3.68. The lowest BCUT2D eigenvalue weighted by molar-refractivity contribution is 0.527. The first-order valence-electron chi connectivity index (χ1n) is 8.82. The molecule has 0 radical (unpaired) electrons. The van der Waals surface area contributed by atoms with E-state index in [9.17, 15) is 16.8 Å². The molecule has 0 bridgehead atoms. The van der Waals surface area contributed by atoms with Gasteiger partial charge < -0.3 is 0 Å². The Hall–Kier alpha value is -1.18. The lowest BCUT2D eigenvalue weighted by atomic mass is 10.0. The highest BCUT2D eigenvalue weighted by atomic mass is 32.2. The minimum atomic E-state index is -3.83. The standard InChI is InChI=1S/C19H28O4S2Si/c1-5-6-7-11-14-19(25(22,23)17-12-9-8-10-13-17)16-24(20,21)15-18(19)26(2,3)4/h5,8-10,12-13,15H,1,6-7,11,14,16H2,2-4H3. The minimum absolute atomic E-state index is 0.199. The maximum Gasteiger partial charge on any atom is 0.188 e. The largest absolute Gasteiger partial charge is 0.224 e. The van der Waals surface area contributed by atoms with Crippen LogP contribution in [0, 0.1) is 0 Å². The van der Waals surface area contributed by atoms with E-state index in [1.54, 1.807) is 36.4 Å². The number of rotatable bonds is 8. The van der Waals surface area contributed by atoms with Gasteiger partial charge in [-0.1, -0.05) is 50.3 Å². The molecule has 1 aromatic rings. The van der Waals surface area contributed by atoms with Crippen LogP contribution < -0.4 is 0 Å². The van der Waals surface area contributed by atoms with Crippen LogP contribution in [0.3, 0.4) is 0 Å². The van der Waals surface area contributed by atoms with Gasteiger partial charge in [0.25, 0.3) is 0 Å². The monoisotopic (exact) mass is 412 g/mol. The zero-order chi connectivity index (χ0) is 19.6. The maximum atomic E-state index is 13.7. The van der Waals surface area contributed by atoms with Crippen molar-refractivity contribution >= 4 is 27.7 Å². The Morgan fingerprint density at radius 1 is 1.15 bits per heavy atom. The molecule has 1 aromatic carbocycles. The third-order valence-corrected chi connectivity index (χ3v) is 11.6. The van der Waals surface area contributed by atoms with Crippen LogP contribution in [0.15, 0.2) is 58.5 Å². The van der Waals surface area contributed by atoms with Gasteiger partial charge in [-0.25, -0.2) is 16.8 Å². The van der Waals surface area contributed by atoms with Crippen LogP contribution in [0.4, 0.5) is 0 Å². The minimum Gasteiger partial charge on any atom is -0.224 e. The van der Waals surface area contributed by atoms with Gasteiger partial charge in [-0.05, 0) is 36.6 Å². The number of unbranched alkanes of at least 4 members (excludes halogenated alkanes) is 2. The van der Waals surface area contributed by atoms with Gasteiger partial charge in [0.05, 0.1) is 18.7 Å². The second-order valence-electron chi connectivity index (χ2n) is 7.93. The van der Waals surface area contributed by atoms with Gasteiger partial charge in [0, 0.05) is 5.41 Å². The molecule has 26 heavy (non-hydrogen) atoms. The van der Waals surface area contributed by atoms with E-state index < -0.39 is 32.5 Å². The summed E-state index contributed by atoms with van der Waals surface area (Å²) in [4.78, 5) is 0.199. The molecule has 0 spiro atoms. The van der Waals surface area contributed by atoms with Gasteiger partial charge in [-0.15, -0.1) is 6.58 Å². The average molecular weight is 413 g/mol. The summed E-state index contributed by atoms with van der Waals surface area (Å²) >= 11 is 0. The van der Waals surface area contributed by atoms with E-state index in [-0.39, 0.29) is 10.6 Å². The summed E-state index contributed by atoms with van der Waals surface area (Å²) in [5, 5.41) is 1.90. The fraction of sp³-hybridized carbons (Fsp3) is 0.474. The van der Waals surface area contributed by atoms with Crippen LogP contribution in [0.2, 0.25) is 19.6 Å². The Morgan fingerprint density at radius 3 is 2.31 bits per heavy atom. The van der Waals surface area contributed by atoms with Crippen molar-refractivity contribution in [3.63, 3.8) is 0 Å². The van der Waals surface area contributed by atoms with Gasteiger partial charge in [-0.2, -0.15) is 0 Å². The lowest BCUT2D eigenvalue weighted by Crippen LogP contribution is -2.49. The van der Waals surface area contributed by atoms with Crippen molar-refractivity contribution in [2.24, 2.45) is 0 Å². The van der Waals surface area contributed by atoms with Gasteiger partial charge >= 0.3 is 0 Å². The van der Waals surface area contributed by atoms with Crippen molar-refractivity contribution in [1.82, 2.24) is 0 Å².